The van der Waals surface area contributed by atoms with Gasteiger partial charge in [0.15, 0.2) is 4.80 Å². The van der Waals surface area contributed by atoms with Crippen molar-refractivity contribution in [3.63, 3.8) is 0 Å². The number of thiazole rings is 1. The van der Waals surface area contributed by atoms with Crippen molar-refractivity contribution in [3.8, 4) is 0 Å². The van der Waals surface area contributed by atoms with Crippen molar-refractivity contribution in [2.24, 2.45) is 4.99 Å². The van der Waals surface area contributed by atoms with Crippen molar-refractivity contribution in [3.05, 3.63) is 86.2 Å². The molecule has 5 nitrogen and oxygen atoms in total. The molecule has 0 aliphatic heterocycles. The summed E-state index contributed by atoms with van der Waals surface area (Å²) in [7, 11) is 0. The lowest BCUT2D eigenvalue weighted by Crippen LogP contribution is -2.25. The van der Waals surface area contributed by atoms with Crippen LogP contribution in [-0.4, -0.2) is 22.4 Å². The van der Waals surface area contributed by atoms with Crippen LogP contribution in [0, 0.1) is 13.8 Å². The molecule has 1 saturated carbocycles. The lowest BCUT2D eigenvalue weighted by Gasteiger charge is -2.09. The van der Waals surface area contributed by atoms with Crippen LogP contribution in [0.5, 0.6) is 0 Å². The van der Waals surface area contributed by atoms with Crippen molar-refractivity contribution in [2.45, 2.75) is 45.5 Å². The van der Waals surface area contributed by atoms with Gasteiger partial charge in [-0.25, -0.2) is 0 Å². The van der Waals surface area contributed by atoms with Gasteiger partial charge in [0.2, 0.25) is 0 Å². The van der Waals surface area contributed by atoms with E-state index in [0.29, 0.717) is 16.9 Å². The number of nitrogens with zero attached hydrogens (tertiary/aromatic N) is 2. The fraction of sp³-hybridized carbons (Fsp3) is 0.292. The number of halogens is 3. The Hall–Kier alpha value is -3.20. The number of benzene rings is 2. The van der Waals surface area contributed by atoms with E-state index < -0.39 is 17.6 Å². The van der Waals surface area contributed by atoms with Gasteiger partial charge in [-0.15, -0.1) is 11.3 Å². The molecule has 0 saturated heterocycles. The van der Waals surface area contributed by atoms with Crippen LogP contribution in [0.1, 0.15) is 55.3 Å². The van der Waals surface area contributed by atoms with Gasteiger partial charge in [0.05, 0.1) is 12.1 Å². The van der Waals surface area contributed by atoms with Crippen LogP contribution in [-0.2, 0) is 12.7 Å². The minimum atomic E-state index is -4.53. The van der Waals surface area contributed by atoms with E-state index in [4.69, 9.17) is 0 Å². The molecular formula is C24H22F3N3O2S. The summed E-state index contributed by atoms with van der Waals surface area (Å²) in [6, 6.07) is 11.7. The minimum Gasteiger partial charge on any atom is -0.349 e. The monoisotopic (exact) mass is 473 g/mol. The number of hydrogen-bond acceptors (Lipinski definition) is 3. The third-order valence-corrected chi connectivity index (χ3v) is 6.59. The first kappa shape index (κ1) is 23.0. The molecule has 2 amide bonds. The number of hydrogen-bond donors (Lipinski definition) is 1. The molecule has 1 heterocycles. The Morgan fingerprint density at radius 2 is 1.79 bits per heavy atom. The molecular weight excluding hydrogens is 451 g/mol. The van der Waals surface area contributed by atoms with Gasteiger partial charge in [-0.1, -0.05) is 18.2 Å². The zero-order valence-electron chi connectivity index (χ0n) is 18.1. The maximum absolute atomic E-state index is 13.0. The number of aromatic nitrogens is 1. The van der Waals surface area contributed by atoms with Crippen LogP contribution < -0.4 is 10.1 Å². The van der Waals surface area contributed by atoms with Crippen molar-refractivity contribution < 1.29 is 22.8 Å². The average Bonchev–Trinajstić information content (AvgIpc) is 3.56. The van der Waals surface area contributed by atoms with Crippen LogP contribution in [0.25, 0.3) is 0 Å². The quantitative estimate of drug-likeness (QED) is 0.575. The molecule has 0 unspecified atom stereocenters. The van der Waals surface area contributed by atoms with Gasteiger partial charge < -0.3 is 9.88 Å². The smallest absolute Gasteiger partial charge is 0.349 e. The van der Waals surface area contributed by atoms with Gasteiger partial charge in [-0.2, -0.15) is 18.2 Å². The maximum atomic E-state index is 13.0. The summed E-state index contributed by atoms with van der Waals surface area (Å²) in [6.45, 7) is 4.21. The summed E-state index contributed by atoms with van der Waals surface area (Å²) in [4.78, 5) is 30.3. The second-order valence-corrected chi connectivity index (χ2v) is 9.23. The summed E-state index contributed by atoms with van der Waals surface area (Å²) in [6.07, 6.45) is -2.50. The third-order valence-electron chi connectivity index (χ3n) is 5.49. The topological polar surface area (TPSA) is 63.5 Å². The van der Waals surface area contributed by atoms with Crippen LogP contribution in [0.3, 0.4) is 0 Å². The van der Waals surface area contributed by atoms with Crippen LogP contribution in [0.4, 0.5) is 13.2 Å². The molecule has 33 heavy (non-hydrogen) atoms. The molecule has 0 radical (unpaired) electrons. The highest BCUT2D eigenvalue weighted by Gasteiger charge is 2.31. The Kier molecular flexibility index (Phi) is 6.25. The van der Waals surface area contributed by atoms with Crippen molar-refractivity contribution in [1.82, 2.24) is 9.88 Å². The molecule has 4 rings (SSSR count). The van der Waals surface area contributed by atoms with Crippen molar-refractivity contribution >= 4 is 23.2 Å². The van der Waals surface area contributed by atoms with Gasteiger partial charge in [-0.05, 0) is 62.6 Å². The molecule has 1 aliphatic carbocycles. The number of amides is 2. The van der Waals surface area contributed by atoms with E-state index >= 15 is 0 Å². The average molecular weight is 474 g/mol. The number of rotatable bonds is 5. The standard InChI is InChI=1S/C24H22F3N3O2S/c1-14-15(2)33-23(29-22(32)18-4-3-5-19(12-18)24(25,26)27)30(14)13-16-6-8-17(9-7-16)21(31)28-20-10-11-20/h3-9,12,20H,10-11,13H2,1-2H3,(H,28,31). The molecule has 1 aliphatic rings. The Morgan fingerprint density at radius 1 is 1.09 bits per heavy atom. The fourth-order valence-electron chi connectivity index (χ4n) is 3.29. The van der Waals surface area contributed by atoms with E-state index in [1.165, 1.54) is 23.5 Å². The second-order valence-electron chi connectivity index (χ2n) is 8.05. The Morgan fingerprint density at radius 3 is 2.42 bits per heavy atom. The van der Waals surface area contributed by atoms with Crippen LogP contribution >= 0.6 is 11.3 Å². The van der Waals surface area contributed by atoms with E-state index in [9.17, 15) is 22.8 Å². The summed E-state index contributed by atoms with van der Waals surface area (Å²) >= 11 is 1.30. The van der Waals surface area contributed by atoms with Gasteiger partial charge >= 0.3 is 6.18 Å². The summed E-state index contributed by atoms with van der Waals surface area (Å²) in [5.41, 5.74) is 1.39. The molecule has 0 atom stereocenters. The number of nitrogens with one attached hydrogen (secondary N) is 1. The van der Waals surface area contributed by atoms with Crippen molar-refractivity contribution in [1.29, 1.82) is 0 Å². The molecule has 1 fully saturated rings. The fourth-order valence-corrected chi connectivity index (χ4v) is 4.26. The first-order chi connectivity index (χ1) is 15.6. The highest BCUT2D eigenvalue weighted by atomic mass is 32.1. The molecule has 2 aromatic carbocycles. The predicted octanol–water partition coefficient (Wildman–Crippen LogP) is 4.87. The zero-order chi connectivity index (χ0) is 23.8. The zero-order valence-corrected chi connectivity index (χ0v) is 18.9. The van der Waals surface area contributed by atoms with E-state index in [1.807, 2.05) is 30.5 Å². The van der Waals surface area contributed by atoms with Crippen LogP contribution in [0.2, 0.25) is 0 Å². The molecule has 1 N–H and O–H groups in total. The second kappa shape index (κ2) is 8.97. The van der Waals surface area contributed by atoms with Crippen LogP contribution in [0.15, 0.2) is 53.5 Å². The Balaban J connectivity index is 1.59. The van der Waals surface area contributed by atoms with E-state index in [1.54, 1.807) is 12.1 Å². The SMILES string of the molecule is Cc1sc(=NC(=O)c2cccc(C(F)(F)F)c2)n(Cc2ccc(C(=O)NC3CC3)cc2)c1C. The minimum absolute atomic E-state index is 0.0957. The van der Waals surface area contributed by atoms with Crippen molar-refractivity contribution in [2.75, 3.05) is 0 Å². The molecule has 0 spiro atoms. The molecule has 9 heteroatoms. The molecule has 172 valence electrons. The van der Waals surface area contributed by atoms with E-state index in [-0.39, 0.29) is 17.5 Å². The summed E-state index contributed by atoms with van der Waals surface area (Å²) < 4.78 is 40.8. The first-order valence-corrected chi connectivity index (χ1v) is 11.3. The lowest BCUT2D eigenvalue weighted by molar-refractivity contribution is -0.137. The first-order valence-electron chi connectivity index (χ1n) is 10.4. The normalized spacial score (nSPS) is 14.4. The lowest BCUT2D eigenvalue weighted by atomic mass is 10.1. The van der Waals surface area contributed by atoms with Gasteiger partial charge in [-0.3, -0.25) is 9.59 Å². The number of carbonyl (C=O) groups excluding carboxylic acids is 2. The largest absolute Gasteiger partial charge is 0.416 e. The van der Waals surface area contributed by atoms with Gasteiger partial charge in [0, 0.05) is 27.7 Å². The maximum Gasteiger partial charge on any atom is 0.416 e. The Labute approximate surface area is 192 Å². The van der Waals surface area contributed by atoms with E-state index in [2.05, 4.69) is 10.3 Å². The number of aryl methyl sites for hydroxylation is 1. The highest BCUT2D eigenvalue weighted by Crippen LogP contribution is 2.29. The summed E-state index contributed by atoms with van der Waals surface area (Å²) in [5.74, 6) is -0.829. The number of alkyl halides is 3. The molecule has 3 aromatic rings. The van der Waals surface area contributed by atoms with E-state index in [0.717, 1.165) is 41.1 Å². The van der Waals surface area contributed by atoms with Gasteiger partial charge in [0.1, 0.15) is 0 Å². The third kappa shape index (κ3) is 5.42. The number of carbonyl (C=O) groups is 2. The summed E-state index contributed by atoms with van der Waals surface area (Å²) in [5, 5.41) is 2.95. The Bertz CT molecular complexity index is 1270. The highest BCUT2D eigenvalue weighted by molar-refractivity contribution is 7.09. The van der Waals surface area contributed by atoms with Gasteiger partial charge in [0.25, 0.3) is 11.8 Å². The molecule has 1 aromatic heterocycles. The molecule has 0 bridgehead atoms. The predicted molar refractivity (Wildman–Crippen MR) is 119 cm³/mol.